The van der Waals surface area contributed by atoms with Crippen LogP contribution < -0.4 is 5.32 Å². The first kappa shape index (κ1) is 10.4. The molecule has 0 radical (unpaired) electrons. The van der Waals surface area contributed by atoms with Gasteiger partial charge in [-0.05, 0) is 31.6 Å². The molecule has 0 spiro atoms. The Balaban J connectivity index is 1.52. The predicted octanol–water partition coefficient (Wildman–Crippen LogP) is 1.18. The average Bonchev–Trinajstić information content (AvgIpc) is 2.72. The highest BCUT2D eigenvalue weighted by Gasteiger charge is 2.17. The monoisotopic (exact) mass is 199 g/mol. The Morgan fingerprint density at radius 3 is 2.71 bits per heavy atom. The zero-order valence-corrected chi connectivity index (χ0v) is 8.84. The highest BCUT2D eigenvalue weighted by atomic mass is 16.5. The molecule has 1 N–H and O–H groups in total. The summed E-state index contributed by atoms with van der Waals surface area (Å²) < 4.78 is 11.0. The molecule has 3 heteroatoms. The lowest BCUT2D eigenvalue weighted by atomic mass is 10.0. The lowest BCUT2D eigenvalue weighted by Gasteiger charge is -2.22. The number of hydrogen-bond acceptors (Lipinski definition) is 3. The van der Waals surface area contributed by atoms with E-state index in [0.29, 0.717) is 6.10 Å². The van der Waals surface area contributed by atoms with Crippen molar-refractivity contribution < 1.29 is 9.47 Å². The van der Waals surface area contributed by atoms with Crippen LogP contribution in [0.1, 0.15) is 25.7 Å². The van der Waals surface area contributed by atoms with E-state index in [-0.39, 0.29) is 0 Å². The van der Waals surface area contributed by atoms with Crippen molar-refractivity contribution in [1.82, 2.24) is 5.32 Å². The van der Waals surface area contributed by atoms with Crippen LogP contribution in [-0.4, -0.2) is 39.0 Å². The largest absolute Gasteiger partial charge is 0.381 e. The van der Waals surface area contributed by atoms with E-state index in [0.717, 1.165) is 38.8 Å². The zero-order chi connectivity index (χ0) is 9.64. The lowest BCUT2D eigenvalue weighted by molar-refractivity contribution is 0.0520. The van der Waals surface area contributed by atoms with Gasteiger partial charge < -0.3 is 14.8 Å². The summed E-state index contributed by atoms with van der Waals surface area (Å²) in [4.78, 5) is 0. The molecule has 0 amide bonds. The summed E-state index contributed by atoms with van der Waals surface area (Å²) in [6, 6.07) is 0. The van der Waals surface area contributed by atoms with Gasteiger partial charge >= 0.3 is 0 Å². The first-order valence-corrected chi connectivity index (χ1v) is 5.85. The fraction of sp³-hybridized carbons (Fsp3) is 1.00. The molecule has 3 nitrogen and oxygen atoms in total. The van der Waals surface area contributed by atoms with Gasteiger partial charge in [-0.3, -0.25) is 0 Å². The van der Waals surface area contributed by atoms with Gasteiger partial charge in [0.15, 0.2) is 0 Å². The molecule has 2 heterocycles. The fourth-order valence-corrected chi connectivity index (χ4v) is 2.22. The molecular formula is C11H21NO2. The molecule has 2 aliphatic rings. The third-order valence-electron chi connectivity index (χ3n) is 3.08. The van der Waals surface area contributed by atoms with E-state index >= 15 is 0 Å². The van der Waals surface area contributed by atoms with Crippen LogP contribution in [0.25, 0.3) is 0 Å². The van der Waals surface area contributed by atoms with Crippen LogP contribution in [-0.2, 0) is 9.47 Å². The second-order valence-corrected chi connectivity index (χ2v) is 4.38. The minimum Gasteiger partial charge on any atom is -0.381 e. The normalized spacial score (nSPS) is 33.4. The van der Waals surface area contributed by atoms with Gasteiger partial charge in [-0.15, -0.1) is 0 Å². The Morgan fingerprint density at radius 1 is 1.07 bits per heavy atom. The van der Waals surface area contributed by atoms with E-state index in [2.05, 4.69) is 5.32 Å². The SMILES string of the molecule is C1COC[C@@H](CNC[C@@H]2CCCO2)C1. The molecule has 2 saturated heterocycles. The predicted molar refractivity (Wildman–Crippen MR) is 55.4 cm³/mol. The van der Waals surface area contributed by atoms with Gasteiger partial charge in [0.05, 0.1) is 12.7 Å². The summed E-state index contributed by atoms with van der Waals surface area (Å²) in [5.74, 6) is 0.727. The molecule has 0 aromatic rings. The van der Waals surface area contributed by atoms with E-state index in [1.807, 2.05) is 0 Å². The Morgan fingerprint density at radius 2 is 2.00 bits per heavy atom. The van der Waals surface area contributed by atoms with Gasteiger partial charge in [0.25, 0.3) is 0 Å². The van der Waals surface area contributed by atoms with Crippen LogP contribution >= 0.6 is 0 Å². The van der Waals surface area contributed by atoms with Crippen molar-refractivity contribution in [2.75, 3.05) is 32.9 Å². The first-order valence-electron chi connectivity index (χ1n) is 5.85. The Kier molecular flexibility index (Phi) is 4.22. The molecule has 0 bridgehead atoms. The van der Waals surface area contributed by atoms with Crippen molar-refractivity contribution in [3.05, 3.63) is 0 Å². The molecule has 2 aliphatic heterocycles. The molecule has 2 atom stereocenters. The summed E-state index contributed by atoms with van der Waals surface area (Å²) in [5, 5.41) is 3.49. The molecule has 2 fully saturated rings. The zero-order valence-electron chi connectivity index (χ0n) is 8.84. The standard InChI is InChI=1S/C11H21NO2/c1-3-10(9-13-5-1)7-12-8-11-4-2-6-14-11/h10-12H,1-9H2/t10-,11+/m1/s1. The van der Waals surface area contributed by atoms with Crippen LogP contribution in [0.2, 0.25) is 0 Å². The van der Waals surface area contributed by atoms with Crippen molar-refractivity contribution in [2.45, 2.75) is 31.8 Å². The van der Waals surface area contributed by atoms with Crippen molar-refractivity contribution in [3.8, 4) is 0 Å². The summed E-state index contributed by atoms with van der Waals surface area (Å²) in [6.45, 7) is 4.98. The molecule has 0 aromatic heterocycles. The maximum Gasteiger partial charge on any atom is 0.0700 e. The molecular weight excluding hydrogens is 178 g/mol. The molecule has 82 valence electrons. The smallest absolute Gasteiger partial charge is 0.0700 e. The summed E-state index contributed by atoms with van der Waals surface area (Å²) in [6.07, 6.45) is 5.48. The fourth-order valence-electron chi connectivity index (χ4n) is 2.22. The summed E-state index contributed by atoms with van der Waals surface area (Å²) in [7, 11) is 0. The second-order valence-electron chi connectivity index (χ2n) is 4.38. The molecule has 0 aromatic carbocycles. The maximum absolute atomic E-state index is 5.55. The molecule has 0 saturated carbocycles. The molecule has 0 unspecified atom stereocenters. The van der Waals surface area contributed by atoms with Crippen LogP contribution in [0, 0.1) is 5.92 Å². The minimum atomic E-state index is 0.472. The van der Waals surface area contributed by atoms with Gasteiger partial charge in [0.1, 0.15) is 0 Å². The third kappa shape index (κ3) is 3.23. The summed E-state index contributed by atoms with van der Waals surface area (Å²) >= 11 is 0. The maximum atomic E-state index is 5.55. The topological polar surface area (TPSA) is 30.5 Å². The second kappa shape index (κ2) is 5.69. The third-order valence-corrected chi connectivity index (χ3v) is 3.08. The van der Waals surface area contributed by atoms with Crippen LogP contribution in [0.5, 0.6) is 0 Å². The number of nitrogens with one attached hydrogen (secondary N) is 1. The lowest BCUT2D eigenvalue weighted by Crippen LogP contribution is -2.33. The molecule has 2 rings (SSSR count). The number of rotatable bonds is 4. The van der Waals surface area contributed by atoms with Gasteiger partial charge in [-0.2, -0.15) is 0 Å². The molecule has 0 aliphatic carbocycles. The van der Waals surface area contributed by atoms with Crippen molar-refractivity contribution >= 4 is 0 Å². The van der Waals surface area contributed by atoms with Crippen LogP contribution in [0.4, 0.5) is 0 Å². The first-order chi connectivity index (χ1) is 6.95. The van der Waals surface area contributed by atoms with E-state index in [1.54, 1.807) is 0 Å². The highest BCUT2D eigenvalue weighted by Crippen LogP contribution is 2.13. The highest BCUT2D eigenvalue weighted by molar-refractivity contribution is 4.70. The van der Waals surface area contributed by atoms with Crippen LogP contribution in [0.3, 0.4) is 0 Å². The van der Waals surface area contributed by atoms with Crippen molar-refractivity contribution in [1.29, 1.82) is 0 Å². The Bertz CT molecular complexity index is 151. The average molecular weight is 199 g/mol. The van der Waals surface area contributed by atoms with Gasteiger partial charge in [0, 0.05) is 26.3 Å². The molecule has 14 heavy (non-hydrogen) atoms. The van der Waals surface area contributed by atoms with Crippen LogP contribution in [0.15, 0.2) is 0 Å². The summed E-state index contributed by atoms with van der Waals surface area (Å²) in [5.41, 5.74) is 0. The number of hydrogen-bond donors (Lipinski definition) is 1. The van der Waals surface area contributed by atoms with Crippen molar-refractivity contribution in [2.24, 2.45) is 5.92 Å². The Hall–Kier alpha value is -0.120. The number of ether oxygens (including phenoxy) is 2. The van der Waals surface area contributed by atoms with E-state index in [9.17, 15) is 0 Å². The quantitative estimate of drug-likeness (QED) is 0.737. The van der Waals surface area contributed by atoms with E-state index in [1.165, 1.54) is 25.7 Å². The van der Waals surface area contributed by atoms with Gasteiger partial charge in [0.2, 0.25) is 0 Å². The van der Waals surface area contributed by atoms with Gasteiger partial charge in [-0.1, -0.05) is 0 Å². The van der Waals surface area contributed by atoms with Crippen molar-refractivity contribution in [3.63, 3.8) is 0 Å². The van der Waals surface area contributed by atoms with E-state index < -0.39 is 0 Å². The Labute approximate surface area is 86.2 Å². The van der Waals surface area contributed by atoms with Gasteiger partial charge in [-0.25, -0.2) is 0 Å². The van der Waals surface area contributed by atoms with E-state index in [4.69, 9.17) is 9.47 Å². The minimum absolute atomic E-state index is 0.472.